The van der Waals surface area contributed by atoms with Crippen LogP contribution in [0.4, 0.5) is 9.18 Å². The molecule has 0 radical (unpaired) electrons. The molecule has 19 heteroatoms. The van der Waals surface area contributed by atoms with Crippen LogP contribution in [0.3, 0.4) is 0 Å². The molecule has 1 aromatic heterocycles. The van der Waals surface area contributed by atoms with Crippen LogP contribution in [0.5, 0.6) is 0 Å². The van der Waals surface area contributed by atoms with Crippen LogP contribution in [0.25, 0.3) is 0 Å². The number of hydrogen-bond donors (Lipinski definition) is 2. The molecule has 3 aliphatic heterocycles. The number of carbonyl (C=O) groups is 4. The molecule has 2 aromatic rings. The lowest BCUT2D eigenvalue weighted by Gasteiger charge is -2.68. The maximum Gasteiger partial charge on any atom is 0.408 e. The number of esters is 3. The monoisotopic (exact) mass is 1070 g/mol. The molecular weight excluding hydrogens is 986 g/mol. The highest BCUT2D eigenvalue weighted by atomic mass is 28.4. The van der Waals surface area contributed by atoms with E-state index < -0.39 is 121 Å². The number of alkyl carbamates (subject to hydrolysis) is 1. The first-order valence-corrected chi connectivity index (χ1v) is 28.9. The van der Waals surface area contributed by atoms with Crippen LogP contribution < -0.4 is 5.32 Å². The molecule has 1 aromatic carbocycles. The number of benzene rings is 1. The van der Waals surface area contributed by atoms with Gasteiger partial charge in [-0.1, -0.05) is 80.5 Å². The number of nitrogens with zero attached hydrogens (tertiary/aromatic N) is 2. The summed E-state index contributed by atoms with van der Waals surface area (Å²) in [6, 6.07) is 9.48. The highest BCUT2D eigenvalue weighted by molar-refractivity contribution is 6.77. The van der Waals surface area contributed by atoms with Gasteiger partial charge < -0.3 is 52.7 Å². The van der Waals surface area contributed by atoms with E-state index in [1.54, 1.807) is 51.3 Å². The maximum absolute atomic E-state index is 16.3. The Labute approximate surface area is 442 Å². The number of aromatic nitrogens is 1. The zero-order valence-corrected chi connectivity index (χ0v) is 47.2. The number of methoxy groups -OCH3 is 1. The molecule has 12 atom stereocenters. The Morgan fingerprint density at radius 1 is 0.947 bits per heavy atom. The molecule has 5 fully saturated rings. The fraction of sp³-hybridized carbons (Fsp3) is 0.696. The fourth-order valence-electron chi connectivity index (χ4n) is 14.2. The van der Waals surface area contributed by atoms with Gasteiger partial charge in [0.15, 0.2) is 18.0 Å². The van der Waals surface area contributed by atoms with E-state index in [4.69, 9.17) is 42.3 Å². The van der Waals surface area contributed by atoms with Gasteiger partial charge in [-0.05, 0) is 85.6 Å². The number of amides is 1. The molecule has 75 heavy (non-hydrogen) atoms. The average Bonchev–Trinajstić information content (AvgIpc) is 3.74. The van der Waals surface area contributed by atoms with E-state index in [-0.39, 0.29) is 47.0 Å². The molecule has 17 nitrogen and oxygen atoms in total. The standard InChI is InChI=1S/C56H80FN3O14Si/c1-30(2)68-52(64)59-44(43-38(57)21-18-24-58-43)46(74-75(31(3)4,32(5)6)33(7)8)51(63)69-39-25-56(65)49(72-50(62)36-19-16-15-17-20-36)47-54(13,23-22-40-55(47,29-67-40)73-35(10)61)48-45(42(34(39)9)53(56,11)12)70-41(71-48)28-60-26-37(27-60)66-14/h15-21,24,30-33,37,39-41,44-49,65H,22-23,25-29H2,1-14H3,(H,59,64)/t39-,40+,41+,44-,45+,46+,47-,48+,49-,54+,55-,56+/m0/s1. The Morgan fingerprint density at radius 2 is 1.61 bits per heavy atom. The van der Waals surface area contributed by atoms with Gasteiger partial charge in [-0.25, -0.2) is 18.8 Å². The number of pyridine rings is 1. The SMILES string of the molecule is COC1CN(C[C@@H]2O[C@@H]3C4=C(C)[C@@H](OC(=O)[C@H](O[Si](C(C)C)(C(C)C)C(C)C)[C@@H](NC(=O)OC(C)C)c5ncccc5F)C[C@@](O)([C@@H](OC(=O)c5ccccc5)[C@H]5[C@@](C)(CC[C@H]6OC[C@]65OC(C)=O)[C@@H]3O2)C4(C)C)C1. The first kappa shape index (κ1) is 56.8. The quantitative estimate of drug-likeness (QED) is 0.0665. The summed E-state index contributed by atoms with van der Waals surface area (Å²) in [4.78, 5) is 64.4. The lowest BCUT2D eigenvalue weighted by atomic mass is 9.45. The number of fused-ring (bicyclic) bond motifs is 8. The van der Waals surface area contributed by atoms with Crippen molar-refractivity contribution in [2.24, 2.45) is 16.7 Å². The van der Waals surface area contributed by atoms with Crippen LogP contribution >= 0.6 is 0 Å². The van der Waals surface area contributed by atoms with E-state index in [0.717, 1.165) is 0 Å². The molecule has 2 saturated carbocycles. The molecule has 0 unspecified atom stereocenters. The second-order valence-electron chi connectivity index (χ2n) is 23.8. The smallest absolute Gasteiger partial charge is 0.408 e. The van der Waals surface area contributed by atoms with Crippen molar-refractivity contribution in [3.05, 3.63) is 76.9 Å². The minimum absolute atomic E-state index is 0.0503. The van der Waals surface area contributed by atoms with Crippen molar-refractivity contribution in [3.8, 4) is 0 Å². The minimum Gasteiger partial charge on any atom is -0.456 e. The van der Waals surface area contributed by atoms with Crippen molar-refractivity contribution in [2.75, 3.05) is 33.4 Å². The average molecular weight is 1070 g/mol. The summed E-state index contributed by atoms with van der Waals surface area (Å²) in [5.74, 6) is -4.07. The van der Waals surface area contributed by atoms with Crippen LogP contribution in [-0.2, 0) is 51.9 Å². The number of carbonyl (C=O) groups excluding carboxylic acids is 4. The molecule has 3 saturated heterocycles. The summed E-state index contributed by atoms with van der Waals surface area (Å²) in [5, 5.41) is 17.1. The van der Waals surface area contributed by atoms with Gasteiger partial charge in [0.1, 0.15) is 47.6 Å². The molecule has 414 valence electrons. The van der Waals surface area contributed by atoms with Crippen LogP contribution in [0.1, 0.15) is 131 Å². The van der Waals surface area contributed by atoms with E-state index in [1.165, 1.54) is 25.3 Å². The number of ether oxygens (including phenoxy) is 8. The van der Waals surface area contributed by atoms with E-state index in [1.807, 2.05) is 69.2 Å². The Bertz CT molecular complexity index is 2450. The molecule has 6 aliphatic rings. The van der Waals surface area contributed by atoms with Crippen molar-refractivity contribution in [2.45, 2.75) is 198 Å². The van der Waals surface area contributed by atoms with E-state index in [2.05, 4.69) is 15.2 Å². The van der Waals surface area contributed by atoms with Gasteiger partial charge in [0.05, 0.1) is 36.4 Å². The molecule has 2 bridgehead atoms. The van der Waals surface area contributed by atoms with Crippen molar-refractivity contribution in [1.82, 2.24) is 15.2 Å². The van der Waals surface area contributed by atoms with Crippen LogP contribution in [0.2, 0.25) is 16.6 Å². The molecule has 8 rings (SSSR count). The summed E-state index contributed by atoms with van der Waals surface area (Å²) in [7, 11) is -1.46. The molecule has 4 heterocycles. The molecular formula is C56H80FN3O14Si. The number of aliphatic hydroxyl groups is 1. The third-order valence-electron chi connectivity index (χ3n) is 17.7. The van der Waals surface area contributed by atoms with E-state index in [0.29, 0.717) is 43.6 Å². The Morgan fingerprint density at radius 3 is 2.19 bits per heavy atom. The van der Waals surface area contributed by atoms with Gasteiger partial charge in [-0.2, -0.15) is 0 Å². The third-order valence-corrected chi connectivity index (χ3v) is 23.8. The lowest BCUT2D eigenvalue weighted by Crippen LogP contribution is -2.79. The highest BCUT2D eigenvalue weighted by Gasteiger charge is 2.77. The van der Waals surface area contributed by atoms with Crippen molar-refractivity contribution < 1.29 is 71.0 Å². The largest absolute Gasteiger partial charge is 0.456 e. The van der Waals surface area contributed by atoms with Crippen molar-refractivity contribution >= 4 is 32.3 Å². The van der Waals surface area contributed by atoms with Gasteiger partial charge in [-0.15, -0.1) is 0 Å². The topological polar surface area (TPSA) is 200 Å². The Kier molecular flexibility index (Phi) is 16.3. The van der Waals surface area contributed by atoms with Crippen LogP contribution in [0.15, 0.2) is 59.8 Å². The Hall–Kier alpha value is -4.34. The molecule has 1 amide bonds. The number of halogens is 1. The van der Waals surface area contributed by atoms with Crippen molar-refractivity contribution in [1.29, 1.82) is 0 Å². The van der Waals surface area contributed by atoms with Gasteiger partial charge in [0.25, 0.3) is 0 Å². The van der Waals surface area contributed by atoms with Crippen molar-refractivity contribution in [3.63, 3.8) is 0 Å². The van der Waals surface area contributed by atoms with Gasteiger partial charge in [-0.3, -0.25) is 14.7 Å². The second kappa shape index (κ2) is 21.5. The summed E-state index contributed by atoms with van der Waals surface area (Å²) in [5.41, 5.74) is -5.10. The molecule has 0 spiro atoms. The second-order valence-corrected chi connectivity index (χ2v) is 29.2. The fourth-order valence-corrected chi connectivity index (χ4v) is 19.7. The Balaban J connectivity index is 1.33. The molecule has 2 N–H and O–H groups in total. The molecule has 3 aliphatic carbocycles. The predicted octanol–water partition coefficient (Wildman–Crippen LogP) is 8.14. The van der Waals surface area contributed by atoms with E-state index >= 15 is 9.18 Å². The lowest BCUT2D eigenvalue weighted by molar-refractivity contribution is -0.345. The first-order valence-electron chi connectivity index (χ1n) is 26.8. The third kappa shape index (κ3) is 9.99. The summed E-state index contributed by atoms with van der Waals surface area (Å²) < 4.78 is 75.4. The zero-order valence-electron chi connectivity index (χ0n) is 46.2. The predicted molar refractivity (Wildman–Crippen MR) is 275 cm³/mol. The summed E-state index contributed by atoms with van der Waals surface area (Å²) >= 11 is 0. The van der Waals surface area contributed by atoms with Gasteiger partial charge in [0.2, 0.25) is 8.32 Å². The number of rotatable bonds is 17. The van der Waals surface area contributed by atoms with Crippen LogP contribution in [0, 0.1) is 22.6 Å². The number of hydrogen-bond acceptors (Lipinski definition) is 16. The maximum atomic E-state index is 16.3. The van der Waals surface area contributed by atoms with Gasteiger partial charge >= 0.3 is 24.0 Å². The first-order chi connectivity index (χ1) is 35.2. The van der Waals surface area contributed by atoms with Crippen LogP contribution in [-0.4, -0.2) is 147 Å². The highest BCUT2D eigenvalue weighted by Crippen LogP contribution is 2.67. The number of likely N-dealkylation sites (tertiary alicyclic amines) is 1. The summed E-state index contributed by atoms with van der Waals surface area (Å²) in [6.45, 7) is 26.1. The summed E-state index contributed by atoms with van der Waals surface area (Å²) in [6.07, 6.45) is -7.05. The van der Waals surface area contributed by atoms with Gasteiger partial charge in [0, 0.05) is 57.1 Å². The normalized spacial score (nSPS) is 32.2. The zero-order chi connectivity index (χ0) is 54.7. The number of nitrogens with one attached hydrogen (secondary N) is 1. The minimum atomic E-state index is -3.13. The van der Waals surface area contributed by atoms with E-state index in [9.17, 15) is 19.5 Å².